The van der Waals surface area contributed by atoms with Gasteiger partial charge in [-0.1, -0.05) is 19.9 Å². The first-order chi connectivity index (χ1) is 8.61. The Morgan fingerprint density at radius 3 is 3.00 bits per heavy atom. The molecule has 0 spiro atoms. The van der Waals surface area contributed by atoms with Crippen molar-refractivity contribution >= 4 is 11.1 Å². The molecule has 3 N–H and O–H groups in total. The van der Waals surface area contributed by atoms with E-state index in [2.05, 4.69) is 36.3 Å². The molecule has 0 radical (unpaired) electrons. The smallest absolute Gasteiger partial charge is 0.181 e. The Morgan fingerprint density at radius 1 is 1.39 bits per heavy atom. The zero-order valence-corrected chi connectivity index (χ0v) is 11.1. The van der Waals surface area contributed by atoms with E-state index >= 15 is 0 Å². The van der Waals surface area contributed by atoms with Crippen LogP contribution in [0, 0.1) is 5.41 Å². The molecular formula is C14H21N3O. The van der Waals surface area contributed by atoms with Crippen molar-refractivity contribution in [1.82, 2.24) is 10.3 Å². The van der Waals surface area contributed by atoms with E-state index in [1.165, 1.54) is 12.0 Å². The lowest BCUT2D eigenvalue weighted by Gasteiger charge is -2.22. The number of hydrogen-bond acceptors (Lipinski definition) is 4. The number of benzene rings is 1. The number of nitrogens with two attached hydrogens (primary N) is 1. The molecule has 1 aromatic heterocycles. The lowest BCUT2D eigenvalue weighted by molar-refractivity contribution is 0.353. The number of nitrogens with zero attached hydrogens (tertiary/aromatic N) is 1. The highest BCUT2D eigenvalue weighted by Gasteiger charge is 2.14. The van der Waals surface area contributed by atoms with Gasteiger partial charge < -0.3 is 15.5 Å². The molecule has 0 aliphatic heterocycles. The van der Waals surface area contributed by atoms with Gasteiger partial charge in [0.25, 0.3) is 0 Å². The maximum Gasteiger partial charge on any atom is 0.181 e. The Balaban J connectivity index is 1.83. The van der Waals surface area contributed by atoms with Crippen molar-refractivity contribution in [3.8, 4) is 0 Å². The molecule has 18 heavy (non-hydrogen) atoms. The maximum absolute atomic E-state index is 5.69. The van der Waals surface area contributed by atoms with E-state index in [1.807, 2.05) is 6.07 Å². The van der Waals surface area contributed by atoms with Gasteiger partial charge in [0.05, 0.1) is 0 Å². The van der Waals surface area contributed by atoms with Gasteiger partial charge in [0.1, 0.15) is 5.52 Å². The Bertz CT molecular complexity index is 504. The van der Waals surface area contributed by atoms with Crippen molar-refractivity contribution in [2.75, 3.05) is 19.6 Å². The van der Waals surface area contributed by atoms with Crippen molar-refractivity contribution < 1.29 is 4.42 Å². The number of nitrogens with one attached hydrogen (secondary N) is 1. The fourth-order valence-corrected chi connectivity index (χ4v) is 1.79. The van der Waals surface area contributed by atoms with E-state index in [0.29, 0.717) is 6.54 Å². The molecule has 0 saturated carbocycles. The summed E-state index contributed by atoms with van der Waals surface area (Å²) in [5.41, 5.74) is 8.88. The number of hydrogen-bond donors (Lipinski definition) is 2. The average Bonchev–Trinajstić information content (AvgIpc) is 2.82. The van der Waals surface area contributed by atoms with Gasteiger partial charge in [-0.3, -0.25) is 0 Å². The molecule has 0 saturated heterocycles. The Hall–Kier alpha value is -1.39. The number of fused-ring (bicyclic) bond motifs is 1. The van der Waals surface area contributed by atoms with Crippen LogP contribution in [0.5, 0.6) is 0 Å². The topological polar surface area (TPSA) is 64.1 Å². The van der Waals surface area contributed by atoms with Gasteiger partial charge in [-0.2, -0.15) is 0 Å². The second kappa shape index (κ2) is 5.50. The third kappa shape index (κ3) is 3.31. The SMILES string of the molecule is CC(C)(CN)CNCCc1ccc2ncoc2c1. The summed E-state index contributed by atoms with van der Waals surface area (Å²) < 4.78 is 5.29. The summed E-state index contributed by atoms with van der Waals surface area (Å²) in [7, 11) is 0. The second-order valence-electron chi connectivity index (χ2n) is 5.45. The van der Waals surface area contributed by atoms with Crippen molar-refractivity contribution in [2.45, 2.75) is 20.3 Å². The Kier molecular flexibility index (Phi) is 3.99. The van der Waals surface area contributed by atoms with Gasteiger partial charge >= 0.3 is 0 Å². The minimum absolute atomic E-state index is 0.162. The Morgan fingerprint density at radius 2 is 2.22 bits per heavy atom. The highest BCUT2D eigenvalue weighted by molar-refractivity contribution is 5.72. The summed E-state index contributed by atoms with van der Waals surface area (Å²) in [6.45, 7) is 6.92. The lowest BCUT2D eigenvalue weighted by Crippen LogP contribution is -2.36. The van der Waals surface area contributed by atoms with Crippen LogP contribution < -0.4 is 11.1 Å². The molecule has 2 rings (SSSR count). The predicted molar refractivity (Wildman–Crippen MR) is 73.4 cm³/mol. The predicted octanol–water partition coefficient (Wildman–Crippen LogP) is 1.94. The summed E-state index contributed by atoms with van der Waals surface area (Å²) in [5, 5.41) is 3.44. The Labute approximate surface area is 108 Å². The van der Waals surface area contributed by atoms with Crippen LogP contribution in [0.3, 0.4) is 0 Å². The van der Waals surface area contributed by atoms with E-state index in [0.717, 1.165) is 30.6 Å². The summed E-state index contributed by atoms with van der Waals surface area (Å²) >= 11 is 0. The first-order valence-electron chi connectivity index (χ1n) is 6.34. The third-order valence-corrected chi connectivity index (χ3v) is 3.14. The number of aromatic nitrogens is 1. The quantitative estimate of drug-likeness (QED) is 0.766. The van der Waals surface area contributed by atoms with Crippen LogP contribution in [-0.4, -0.2) is 24.6 Å². The van der Waals surface area contributed by atoms with Gasteiger partial charge in [0.15, 0.2) is 12.0 Å². The first kappa shape index (κ1) is 13.1. The zero-order valence-electron chi connectivity index (χ0n) is 11.1. The summed E-state index contributed by atoms with van der Waals surface area (Å²) in [5.74, 6) is 0. The molecule has 0 unspecified atom stereocenters. The monoisotopic (exact) mass is 247 g/mol. The van der Waals surface area contributed by atoms with Crippen LogP contribution in [0.2, 0.25) is 0 Å². The van der Waals surface area contributed by atoms with E-state index in [-0.39, 0.29) is 5.41 Å². The van der Waals surface area contributed by atoms with Gasteiger partial charge in [-0.25, -0.2) is 4.98 Å². The molecule has 0 amide bonds. The summed E-state index contributed by atoms with van der Waals surface area (Å²) in [4.78, 5) is 4.10. The summed E-state index contributed by atoms with van der Waals surface area (Å²) in [6.07, 6.45) is 2.47. The van der Waals surface area contributed by atoms with Crippen LogP contribution in [-0.2, 0) is 6.42 Å². The van der Waals surface area contributed by atoms with E-state index in [9.17, 15) is 0 Å². The van der Waals surface area contributed by atoms with Crippen molar-refractivity contribution in [1.29, 1.82) is 0 Å². The molecule has 1 heterocycles. The number of oxazole rings is 1. The van der Waals surface area contributed by atoms with E-state index < -0.39 is 0 Å². The molecule has 0 bridgehead atoms. The fourth-order valence-electron chi connectivity index (χ4n) is 1.79. The van der Waals surface area contributed by atoms with Crippen LogP contribution in [0.15, 0.2) is 29.0 Å². The van der Waals surface area contributed by atoms with E-state index in [1.54, 1.807) is 0 Å². The normalized spacial score (nSPS) is 12.2. The van der Waals surface area contributed by atoms with E-state index in [4.69, 9.17) is 10.2 Å². The van der Waals surface area contributed by atoms with Gasteiger partial charge in [-0.05, 0) is 42.6 Å². The highest BCUT2D eigenvalue weighted by atomic mass is 16.3. The molecule has 4 nitrogen and oxygen atoms in total. The minimum Gasteiger partial charge on any atom is -0.443 e. The standard InChI is InChI=1S/C14H21N3O/c1-14(2,8-15)9-16-6-5-11-3-4-12-13(7-11)18-10-17-12/h3-4,7,10,16H,5-6,8-9,15H2,1-2H3. The highest BCUT2D eigenvalue weighted by Crippen LogP contribution is 2.14. The van der Waals surface area contributed by atoms with Crippen LogP contribution in [0.4, 0.5) is 0 Å². The molecule has 0 aliphatic rings. The van der Waals surface area contributed by atoms with Crippen molar-refractivity contribution in [3.05, 3.63) is 30.2 Å². The largest absolute Gasteiger partial charge is 0.443 e. The maximum atomic E-state index is 5.69. The molecule has 4 heteroatoms. The second-order valence-corrected chi connectivity index (χ2v) is 5.45. The first-order valence-corrected chi connectivity index (χ1v) is 6.34. The molecule has 98 valence electrons. The number of rotatable bonds is 6. The van der Waals surface area contributed by atoms with Crippen LogP contribution in [0.1, 0.15) is 19.4 Å². The summed E-state index contributed by atoms with van der Waals surface area (Å²) in [6, 6.07) is 6.15. The molecule has 2 aromatic rings. The van der Waals surface area contributed by atoms with Crippen LogP contribution in [0.25, 0.3) is 11.1 Å². The molecular weight excluding hydrogens is 226 g/mol. The zero-order chi connectivity index (χ0) is 13.0. The molecule has 0 fully saturated rings. The van der Waals surface area contributed by atoms with Crippen LogP contribution >= 0.6 is 0 Å². The lowest BCUT2D eigenvalue weighted by atomic mass is 9.94. The average molecular weight is 247 g/mol. The van der Waals surface area contributed by atoms with Gasteiger partial charge in [-0.15, -0.1) is 0 Å². The minimum atomic E-state index is 0.162. The van der Waals surface area contributed by atoms with Gasteiger partial charge in [0.2, 0.25) is 0 Å². The van der Waals surface area contributed by atoms with Gasteiger partial charge in [0, 0.05) is 6.54 Å². The molecule has 1 aromatic carbocycles. The van der Waals surface area contributed by atoms with Crippen molar-refractivity contribution in [2.24, 2.45) is 11.1 Å². The molecule has 0 aliphatic carbocycles. The third-order valence-electron chi connectivity index (χ3n) is 3.14. The molecule has 0 atom stereocenters. The van der Waals surface area contributed by atoms with Crippen molar-refractivity contribution in [3.63, 3.8) is 0 Å². The fraction of sp³-hybridized carbons (Fsp3) is 0.500.